The second kappa shape index (κ2) is 14.8. The molecule has 1 spiro atoms. The number of carbonyl (C=O) groups is 4. The largest absolute Gasteiger partial charge is 0.455 e. The predicted molar refractivity (Wildman–Crippen MR) is 172 cm³/mol. The topological polar surface area (TPSA) is 135 Å². The summed E-state index contributed by atoms with van der Waals surface area (Å²) in [4.78, 5) is 59.7. The van der Waals surface area contributed by atoms with Gasteiger partial charge in [-0.3, -0.25) is 19.2 Å². The van der Waals surface area contributed by atoms with Crippen molar-refractivity contribution in [2.24, 2.45) is 11.8 Å². The number of nitrogens with zero attached hydrogens (tertiary/aromatic N) is 2. The molecule has 1 aromatic carbocycles. The van der Waals surface area contributed by atoms with Gasteiger partial charge in [-0.25, -0.2) is 0 Å². The third-order valence-corrected chi connectivity index (χ3v) is 10.2. The summed E-state index contributed by atoms with van der Waals surface area (Å²) < 4.78 is 18.9. The SMILES string of the molecule is CCCCN1C/C=C\CCC(=O)N[C@@H](COC)[C@H](c2ccccc2)OC(=O)[C@H]2[C@@H]3O[C@@]4(C=C3Br)[C@@H]2C(=O)N([C@@H](CC)CO)[C@@H]4C1=O. The summed E-state index contributed by atoms with van der Waals surface area (Å²) in [6.07, 6.45) is 6.35. The van der Waals surface area contributed by atoms with E-state index in [1.54, 1.807) is 11.0 Å². The first-order valence-corrected chi connectivity index (χ1v) is 17.0. The van der Waals surface area contributed by atoms with Crippen molar-refractivity contribution >= 4 is 39.6 Å². The quantitative estimate of drug-likeness (QED) is 0.297. The Hall–Kier alpha value is -3.06. The van der Waals surface area contributed by atoms with Crippen molar-refractivity contribution in [3.63, 3.8) is 0 Å². The van der Waals surface area contributed by atoms with Crippen molar-refractivity contribution in [3.8, 4) is 0 Å². The fraction of sp³-hybridized carbons (Fsp3) is 0.588. The Morgan fingerprint density at radius 2 is 1.87 bits per heavy atom. The van der Waals surface area contributed by atoms with Gasteiger partial charge in [0.05, 0.1) is 31.2 Å². The van der Waals surface area contributed by atoms with E-state index in [9.17, 15) is 24.3 Å². The minimum absolute atomic E-state index is 0.0698. The molecular weight excluding hydrogens is 658 g/mol. The zero-order chi connectivity index (χ0) is 33.0. The van der Waals surface area contributed by atoms with Gasteiger partial charge in [-0.1, -0.05) is 78.7 Å². The number of hydrogen-bond donors (Lipinski definition) is 2. The van der Waals surface area contributed by atoms with Crippen LogP contribution in [0, 0.1) is 11.8 Å². The van der Waals surface area contributed by atoms with Crippen LogP contribution in [0.25, 0.3) is 0 Å². The van der Waals surface area contributed by atoms with Gasteiger partial charge in [0.1, 0.15) is 29.8 Å². The van der Waals surface area contributed by atoms with E-state index in [0.717, 1.165) is 12.8 Å². The lowest BCUT2D eigenvalue weighted by Crippen LogP contribution is -2.58. The number of ether oxygens (including phenoxy) is 3. The number of allylic oxidation sites excluding steroid dienone is 1. The van der Waals surface area contributed by atoms with E-state index in [-0.39, 0.29) is 38.0 Å². The average Bonchev–Trinajstić information content (AvgIpc) is 3.64. The van der Waals surface area contributed by atoms with Crippen LogP contribution in [0.4, 0.5) is 0 Å². The van der Waals surface area contributed by atoms with Crippen LogP contribution in [-0.4, -0.2) is 102 Å². The van der Waals surface area contributed by atoms with Crippen LogP contribution in [-0.2, 0) is 33.4 Å². The van der Waals surface area contributed by atoms with Gasteiger partial charge in [-0.05, 0) is 30.9 Å². The van der Waals surface area contributed by atoms with E-state index in [2.05, 4.69) is 21.2 Å². The fourth-order valence-electron chi connectivity index (χ4n) is 7.25. The number of aliphatic hydroxyl groups is 1. The van der Waals surface area contributed by atoms with Gasteiger partial charge in [-0.2, -0.15) is 0 Å². The van der Waals surface area contributed by atoms with Crippen LogP contribution in [0.15, 0.2) is 53.0 Å². The third-order valence-electron chi connectivity index (χ3n) is 9.50. The van der Waals surface area contributed by atoms with Crippen molar-refractivity contribution in [2.45, 2.75) is 81.9 Å². The second-order valence-corrected chi connectivity index (χ2v) is 13.3. The molecule has 5 bridgehead atoms. The van der Waals surface area contributed by atoms with Crippen LogP contribution in [0.1, 0.15) is 57.6 Å². The number of carbonyl (C=O) groups excluding carboxylic acids is 4. The maximum Gasteiger partial charge on any atom is 0.313 e. The maximum atomic E-state index is 14.6. The molecule has 4 aliphatic rings. The highest BCUT2D eigenvalue weighted by atomic mass is 79.9. The molecule has 2 saturated heterocycles. The molecule has 0 unspecified atom stereocenters. The van der Waals surface area contributed by atoms with Crippen molar-refractivity contribution in [1.29, 1.82) is 0 Å². The lowest BCUT2D eigenvalue weighted by molar-refractivity contribution is -0.163. The summed E-state index contributed by atoms with van der Waals surface area (Å²) in [5, 5.41) is 13.4. The molecule has 8 atom stereocenters. The highest BCUT2D eigenvalue weighted by Crippen LogP contribution is 2.59. The lowest BCUT2D eigenvalue weighted by Gasteiger charge is -2.38. The van der Waals surface area contributed by atoms with Gasteiger partial charge in [0.25, 0.3) is 0 Å². The summed E-state index contributed by atoms with van der Waals surface area (Å²) in [6.45, 7) is 4.34. The Morgan fingerprint density at radius 3 is 2.54 bits per heavy atom. The first-order chi connectivity index (χ1) is 22.2. The van der Waals surface area contributed by atoms with E-state index in [1.807, 2.05) is 56.3 Å². The zero-order valence-electron chi connectivity index (χ0n) is 26.6. The Morgan fingerprint density at radius 1 is 1.11 bits per heavy atom. The number of nitrogens with one attached hydrogen (secondary N) is 1. The molecule has 11 nitrogen and oxygen atoms in total. The van der Waals surface area contributed by atoms with Crippen LogP contribution < -0.4 is 5.32 Å². The van der Waals surface area contributed by atoms with Crippen molar-refractivity contribution < 1.29 is 38.5 Å². The van der Waals surface area contributed by atoms with Crippen LogP contribution in [0.3, 0.4) is 0 Å². The van der Waals surface area contributed by atoms with E-state index in [1.165, 1.54) is 12.0 Å². The number of methoxy groups -OCH3 is 1. The molecule has 4 heterocycles. The molecule has 0 radical (unpaired) electrons. The Bertz CT molecular complexity index is 1350. The van der Waals surface area contributed by atoms with E-state index >= 15 is 0 Å². The second-order valence-electron chi connectivity index (χ2n) is 12.4. The van der Waals surface area contributed by atoms with Crippen LogP contribution in [0.2, 0.25) is 0 Å². The molecule has 2 fully saturated rings. The number of aliphatic hydroxyl groups excluding tert-OH is 1. The normalized spacial score (nSPS) is 33.0. The molecule has 46 heavy (non-hydrogen) atoms. The van der Waals surface area contributed by atoms with Crippen molar-refractivity contribution in [1.82, 2.24) is 15.1 Å². The number of rotatable bonds is 9. The van der Waals surface area contributed by atoms with Gasteiger partial charge >= 0.3 is 5.97 Å². The fourth-order valence-corrected chi connectivity index (χ4v) is 7.99. The number of unbranched alkanes of at least 4 members (excludes halogenated alkanes) is 1. The number of hydrogen-bond acceptors (Lipinski definition) is 8. The minimum Gasteiger partial charge on any atom is -0.455 e. The maximum absolute atomic E-state index is 14.6. The molecule has 3 amide bonds. The average molecular weight is 703 g/mol. The molecule has 250 valence electrons. The number of benzene rings is 1. The van der Waals surface area contributed by atoms with E-state index in [4.69, 9.17) is 14.2 Å². The number of fused-ring (bicyclic) bond motifs is 2. The molecule has 2 N–H and O–H groups in total. The molecular formula is C34H44BrN3O8. The number of amides is 3. The highest BCUT2D eigenvalue weighted by Gasteiger charge is 2.75. The summed E-state index contributed by atoms with van der Waals surface area (Å²) in [7, 11) is 1.51. The van der Waals surface area contributed by atoms with Crippen LogP contribution in [0.5, 0.6) is 0 Å². The molecule has 4 aliphatic heterocycles. The Balaban J connectivity index is 1.63. The highest BCUT2D eigenvalue weighted by molar-refractivity contribution is 9.11. The summed E-state index contributed by atoms with van der Waals surface area (Å²) >= 11 is 3.59. The number of esters is 1. The monoisotopic (exact) mass is 701 g/mol. The van der Waals surface area contributed by atoms with Gasteiger partial charge in [0.15, 0.2) is 0 Å². The van der Waals surface area contributed by atoms with Gasteiger partial charge in [0, 0.05) is 31.1 Å². The summed E-state index contributed by atoms with van der Waals surface area (Å²) in [5.41, 5.74) is -0.788. The molecule has 1 aromatic rings. The van der Waals surface area contributed by atoms with Crippen molar-refractivity contribution in [3.05, 3.63) is 58.6 Å². The van der Waals surface area contributed by atoms with Crippen LogP contribution >= 0.6 is 15.9 Å². The first kappa shape index (κ1) is 34.3. The molecule has 0 aliphatic carbocycles. The standard InChI is InChI=1S/C34H44BrN3O8/c1-4-6-16-37-17-12-8-11-15-25(40)36-24(20-44-3)28(21-13-9-7-10-14-21)45-33(43)26-27-31(41)38(22(5-2)19-39)30(32(37)42)34(27)18-23(35)29(26)46-34/h7-10,12-14,18,22,24,26-30,39H,4-6,11,15-17,19-20H2,1-3H3,(H,36,40)/b12-8-/t22-,24-,26+,27-,28-,29+,30+,34-/m0/s1. The third kappa shape index (κ3) is 6.28. The smallest absolute Gasteiger partial charge is 0.313 e. The minimum atomic E-state index is -1.44. The summed E-state index contributed by atoms with van der Waals surface area (Å²) in [5.74, 6) is -3.78. The number of halogens is 1. The zero-order valence-corrected chi connectivity index (χ0v) is 28.2. The first-order valence-electron chi connectivity index (χ1n) is 16.2. The molecule has 0 saturated carbocycles. The predicted octanol–water partition coefficient (Wildman–Crippen LogP) is 3.02. The van der Waals surface area contributed by atoms with Gasteiger partial charge in [-0.15, -0.1) is 0 Å². The molecule has 5 rings (SSSR count). The number of likely N-dealkylation sites (tertiary alicyclic amines) is 1. The molecule has 12 heteroatoms. The molecule has 0 aromatic heterocycles. The van der Waals surface area contributed by atoms with Gasteiger partial charge < -0.3 is 34.4 Å². The number of cyclic esters (lactones) is 1. The lowest BCUT2D eigenvalue weighted by atomic mass is 9.74. The van der Waals surface area contributed by atoms with E-state index in [0.29, 0.717) is 29.4 Å². The van der Waals surface area contributed by atoms with E-state index < -0.39 is 59.6 Å². The Labute approximate surface area is 278 Å². The van der Waals surface area contributed by atoms with Crippen molar-refractivity contribution in [2.75, 3.05) is 33.4 Å². The van der Waals surface area contributed by atoms with Gasteiger partial charge in [0.2, 0.25) is 17.7 Å². The summed E-state index contributed by atoms with van der Waals surface area (Å²) in [6, 6.07) is 6.63. The Kier molecular flexibility index (Phi) is 11.0.